The number of halogens is 3. The molecule has 1 saturated heterocycles. The molecular weight excluding hydrogens is 568 g/mol. The molecule has 1 aliphatic heterocycles. The smallest absolute Gasteiger partial charge is 0.225 e. The molecule has 3 aliphatic rings. The molecule has 7 heteroatoms. The largest absolute Gasteiger partial charge is 0.393 e. The Labute approximate surface area is 217 Å². The van der Waals surface area contributed by atoms with Crippen LogP contribution in [0.5, 0.6) is 0 Å². The van der Waals surface area contributed by atoms with Crippen molar-refractivity contribution in [3.05, 3.63) is 60.7 Å². The summed E-state index contributed by atoms with van der Waals surface area (Å²) in [4.78, 5) is 20.1. The first-order chi connectivity index (χ1) is 15.9. The molecule has 1 aromatic carbocycles. The Bertz CT molecular complexity index is 1050. The number of aryl methyl sites for hydroxylation is 2. The standard InChI is InChI=1S/C26H29Br2ClN2O2/c27-19-10-17-5-4-16-11-20(29)13-22(28)23(16)24(25(17)30-14-19)15-6-8-31(9-7-15)26(33)18-2-1-3-21(32)12-18/h10-11,13-15,18,21,24,32H,1-9,12H2/t18-,21+,24-/m1/s1. The van der Waals surface area contributed by atoms with Crippen LogP contribution in [-0.2, 0) is 17.6 Å². The highest BCUT2D eigenvalue weighted by molar-refractivity contribution is 9.10. The summed E-state index contributed by atoms with van der Waals surface area (Å²) in [5.74, 6) is 0.822. The SMILES string of the molecule is O=C([C@@H]1CCC[C@H](O)C1)N1CCC([C@H]2c3ncc(Br)cc3CCc3cc(Cl)cc(Br)c32)CC1. The first-order valence-corrected chi connectivity index (χ1v) is 14.0. The van der Waals surface area contributed by atoms with Gasteiger partial charge in [-0.25, -0.2) is 0 Å². The second-order valence-corrected chi connectivity index (χ2v) is 12.0. The van der Waals surface area contributed by atoms with Gasteiger partial charge in [-0.1, -0.05) is 34.0 Å². The van der Waals surface area contributed by atoms with E-state index in [4.69, 9.17) is 16.6 Å². The summed E-state index contributed by atoms with van der Waals surface area (Å²) in [5.41, 5.74) is 5.07. The average molecular weight is 597 g/mol. The molecule has 0 unspecified atom stereocenters. The fourth-order valence-electron chi connectivity index (χ4n) is 6.13. The second kappa shape index (κ2) is 9.96. The van der Waals surface area contributed by atoms with Gasteiger partial charge in [-0.05, 0) is 102 Å². The number of carbonyl (C=O) groups excluding carboxylic acids is 1. The Morgan fingerprint density at radius 1 is 1.06 bits per heavy atom. The van der Waals surface area contributed by atoms with Crippen molar-refractivity contribution >= 4 is 49.4 Å². The molecule has 1 saturated carbocycles. The number of rotatable bonds is 2. The fourth-order valence-corrected chi connectivity index (χ4v) is 7.63. The second-order valence-electron chi connectivity index (χ2n) is 9.82. The van der Waals surface area contributed by atoms with E-state index in [0.717, 1.165) is 72.0 Å². The number of aliphatic hydroxyl groups excluding tert-OH is 1. The summed E-state index contributed by atoms with van der Waals surface area (Å²) in [6, 6.07) is 6.33. The van der Waals surface area contributed by atoms with Crippen molar-refractivity contribution in [2.75, 3.05) is 13.1 Å². The fraction of sp³-hybridized carbons (Fsp3) is 0.538. The predicted octanol–water partition coefficient (Wildman–Crippen LogP) is 6.28. The summed E-state index contributed by atoms with van der Waals surface area (Å²) in [6.45, 7) is 1.55. The van der Waals surface area contributed by atoms with Gasteiger partial charge in [0.05, 0.1) is 11.8 Å². The van der Waals surface area contributed by atoms with Gasteiger partial charge in [0.1, 0.15) is 0 Å². The van der Waals surface area contributed by atoms with Crippen LogP contribution in [0.15, 0.2) is 33.3 Å². The first kappa shape index (κ1) is 23.8. The van der Waals surface area contributed by atoms with Crippen LogP contribution < -0.4 is 0 Å². The van der Waals surface area contributed by atoms with Crippen LogP contribution in [-0.4, -0.2) is 40.1 Å². The molecule has 2 aromatic rings. The maximum atomic E-state index is 13.1. The number of aromatic nitrogens is 1. The molecule has 176 valence electrons. The number of nitrogens with zero attached hydrogens (tertiary/aromatic N) is 2. The molecule has 0 spiro atoms. The summed E-state index contributed by atoms with van der Waals surface area (Å²) in [7, 11) is 0. The van der Waals surface area contributed by atoms with Crippen LogP contribution in [0.3, 0.4) is 0 Å². The topological polar surface area (TPSA) is 53.4 Å². The molecule has 1 aromatic heterocycles. The van der Waals surface area contributed by atoms with Crippen LogP contribution in [0.4, 0.5) is 0 Å². The lowest BCUT2D eigenvalue weighted by Gasteiger charge is -2.39. The number of piperidine rings is 1. The lowest BCUT2D eigenvalue weighted by molar-refractivity contribution is -0.139. The van der Waals surface area contributed by atoms with Gasteiger partial charge in [0.25, 0.3) is 0 Å². The molecule has 2 fully saturated rings. The van der Waals surface area contributed by atoms with Gasteiger partial charge in [-0.3, -0.25) is 9.78 Å². The molecule has 0 bridgehead atoms. The minimum Gasteiger partial charge on any atom is -0.393 e. The number of aliphatic hydroxyl groups is 1. The Morgan fingerprint density at radius 2 is 1.82 bits per heavy atom. The number of likely N-dealkylation sites (tertiary alicyclic amines) is 1. The third kappa shape index (κ3) is 4.91. The maximum absolute atomic E-state index is 13.1. The Kier molecular flexibility index (Phi) is 7.18. The predicted molar refractivity (Wildman–Crippen MR) is 138 cm³/mol. The van der Waals surface area contributed by atoms with Crippen molar-refractivity contribution < 1.29 is 9.90 Å². The van der Waals surface area contributed by atoms with Crippen molar-refractivity contribution in [3.8, 4) is 0 Å². The molecule has 4 nitrogen and oxygen atoms in total. The van der Waals surface area contributed by atoms with Crippen LogP contribution >= 0.6 is 43.5 Å². The van der Waals surface area contributed by atoms with E-state index in [2.05, 4.69) is 44.0 Å². The molecule has 5 rings (SSSR count). The summed E-state index contributed by atoms with van der Waals surface area (Å²) in [5, 5.41) is 10.8. The normalized spacial score (nSPS) is 25.8. The van der Waals surface area contributed by atoms with Crippen LogP contribution in [0.1, 0.15) is 66.8 Å². The number of amides is 1. The third-order valence-corrected chi connectivity index (χ3v) is 9.04. The number of carbonyl (C=O) groups is 1. The zero-order chi connectivity index (χ0) is 23.1. The molecule has 2 aliphatic carbocycles. The van der Waals surface area contributed by atoms with E-state index < -0.39 is 0 Å². The van der Waals surface area contributed by atoms with Gasteiger partial charge in [-0.2, -0.15) is 0 Å². The van der Waals surface area contributed by atoms with Crippen molar-refractivity contribution in [1.82, 2.24) is 9.88 Å². The highest BCUT2D eigenvalue weighted by Gasteiger charge is 2.37. The zero-order valence-electron chi connectivity index (χ0n) is 18.6. The number of hydrogen-bond acceptors (Lipinski definition) is 3. The number of hydrogen-bond donors (Lipinski definition) is 1. The van der Waals surface area contributed by atoms with Gasteiger partial charge < -0.3 is 10.0 Å². The number of pyridine rings is 1. The van der Waals surface area contributed by atoms with E-state index >= 15 is 0 Å². The first-order valence-electron chi connectivity index (χ1n) is 12.0. The van der Waals surface area contributed by atoms with E-state index in [1.165, 1.54) is 22.4 Å². The van der Waals surface area contributed by atoms with Gasteiger partial charge in [0.15, 0.2) is 0 Å². The summed E-state index contributed by atoms with van der Waals surface area (Å²) < 4.78 is 2.07. The number of fused-ring (bicyclic) bond motifs is 2. The number of benzene rings is 1. The van der Waals surface area contributed by atoms with Crippen molar-refractivity contribution in [1.29, 1.82) is 0 Å². The van der Waals surface area contributed by atoms with E-state index in [0.29, 0.717) is 12.3 Å². The van der Waals surface area contributed by atoms with E-state index in [-0.39, 0.29) is 23.8 Å². The third-order valence-electron chi connectivity index (χ3n) is 7.74. The minimum atomic E-state index is -0.321. The highest BCUT2D eigenvalue weighted by atomic mass is 79.9. The zero-order valence-corrected chi connectivity index (χ0v) is 22.5. The average Bonchev–Trinajstić information content (AvgIpc) is 2.95. The van der Waals surface area contributed by atoms with Crippen molar-refractivity contribution in [2.24, 2.45) is 11.8 Å². The quantitative estimate of drug-likeness (QED) is 0.444. The molecule has 1 amide bonds. The maximum Gasteiger partial charge on any atom is 0.225 e. The van der Waals surface area contributed by atoms with Gasteiger partial charge in [0.2, 0.25) is 5.91 Å². The van der Waals surface area contributed by atoms with Gasteiger partial charge in [0, 0.05) is 45.1 Å². The molecule has 3 atom stereocenters. The summed E-state index contributed by atoms with van der Waals surface area (Å²) in [6.07, 6.45) is 8.69. The molecule has 0 radical (unpaired) electrons. The monoisotopic (exact) mass is 594 g/mol. The Balaban J connectivity index is 1.42. The van der Waals surface area contributed by atoms with Crippen molar-refractivity contribution in [2.45, 2.75) is 63.4 Å². The lowest BCUT2D eigenvalue weighted by Crippen LogP contribution is -2.44. The van der Waals surface area contributed by atoms with Crippen LogP contribution in [0, 0.1) is 11.8 Å². The van der Waals surface area contributed by atoms with Gasteiger partial charge in [-0.15, -0.1) is 0 Å². The molecule has 33 heavy (non-hydrogen) atoms. The van der Waals surface area contributed by atoms with Gasteiger partial charge >= 0.3 is 0 Å². The van der Waals surface area contributed by atoms with E-state index in [1.54, 1.807) is 0 Å². The highest BCUT2D eigenvalue weighted by Crippen LogP contribution is 2.46. The molecular formula is C26H29Br2ClN2O2. The molecule has 2 heterocycles. The van der Waals surface area contributed by atoms with E-state index in [9.17, 15) is 9.90 Å². The Hall–Kier alpha value is -0.950. The molecule has 1 N–H and O–H groups in total. The Morgan fingerprint density at radius 3 is 2.58 bits per heavy atom. The summed E-state index contributed by atoms with van der Waals surface area (Å²) >= 11 is 13.9. The minimum absolute atomic E-state index is 0.0139. The van der Waals surface area contributed by atoms with Crippen molar-refractivity contribution in [3.63, 3.8) is 0 Å². The van der Waals surface area contributed by atoms with Crippen LogP contribution in [0.25, 0.3) is 0 Å². The lowest BCUT2D eigenvalue weighted by atomic mass is 9.76. The van der Waals surface area contributed by atoms with Crippen LogP contribution in [0.2, 0.25) is 5.02 Å². The van der Waals surface area contributed by atoms with E-state index in [1.807, 2.05) is 17.2 Å².